The summed E-state index contributed by atoms with van der Waals surface area (Å²) in [6.07, 6.45) is 8.44. The van der Waals surface area contributed by atoms with Crippen LogP contribution in [0.25, 0.3) is 11.1 Å². The van der Waals surface area contributed by atoms with Crippen LogP contribution in [0.15, 0.2) is 35.1 Å². The van der Waals surface area contributed by atoms with E-state index in [2.05, 4.69) is 4.31 Å². The highest BCUT2D eigenvalue weighted by molar-refractivity contribution is 7.96. The lowest BCUT2D eigenvalue weighted by atomic mass is 9.99. The molecular weight excluding hydrogens is 350 g/mol. The fraction of sp³-hybridized carbons (Fsp3) is 0.450. The largest absolute Gasteiger partial charge is 0.495 e. The zero-order valence-corrected chi connectivity index (χ0v) is 15.9. The van der Waals surface area contributed by atoms with Crippen molar-refractivity contribution in [2.24, 2.45) is 0 Å². The Morgan fingerprint density at radius 3 is 2.50 bits per heavy atom. The van der Waals surface area contributed by atoms with Gasteiger partial charge in [0.1, 0.15) is 11.3 Å². The average Bonchev–Trinajstić information content (AvgIpc) is 3.42. The van der Waals surface area contributed by atoms with Gasteiger partial charge in [-0.15, -0.1) is 0 Å². The second-order valence-corrected chi connectivity index (χ2v) is 7.75. The van der Waals surface area contributed by atoms with Crippen molar-refractivity contribution in [1.82, 2.24) is 4.31 Å². The highest BCUT2D eigenvalue weighted by Crippen LogP contribution is 2.44. The fourth-order valence-corrected chi connectivity index (χ4v) is 5.52. The molecule has 3 heterocycles. The van der Waals surface area contributed by atoms with Crippen LogP contribution in [0.5, 0.6) is 5.75 Å². The first-order chi connectivity index (χ1) is 12.7. The Morgan fingerprint density at radius 1 is 1.19 bits per heavy atom. The molecule has 2 bridgehead atoms. The summed E-state index contributed by atoms with van der Waals surface area (Å²) in [6, 6.07) is 7.24. The first kappa shape index (κ1) is 17.5. The van der Waals surface area contributed by atoms with Gasteiger partial charge < -0.3 is 13.9 Å². The number of carbonyl (C=O) groups is 1. The lowest BCUT2D eigenvalue weighted by molar-refractivity contribution is 0.0596. The number of ether oxygens (including phenoxy) is 2. The summed E-state index contributed by atoms with van der Waals surface area (Å²) >= 11 is 1.83. The van der Waals surface area contributed by atoms with Gasteiger partial charge in [-0.1, -0.05) is 24.1 Å². The van der Waals surface area contributed by atoms with Crippen molar-refractivity contribution in [1.29, 1.82) is 0 Å². The molecule has 5 nitrogen and oxygen atoms in total. The first-order valence-electron chi connectivity index (χ1n) is 8.95. The predicted octanol–water partition coefficient (Wildman–Crippen LogP) is 4.52. The molecule has 2 saturated heterocycles. The molecule has 0 atom stereocenters. The van der Waals surface area contributed by atoms with Gasteiger partial charge >= 0.3 is 5.97 Å². The molecule has 1 aromatic carbocycles. The molecular formula is C20H23NO4S. The number of hydrogen-bond acceptors (Lipinski definition) is 6. The van der Waals surface area contributed by atoms with Gasteiger partial charge in [0.05, 0.1) is 26.7 Å². The van der Waals surface area contributed by atoms with Crippen molar-refractivity contribution >= 4 is 17.9 Å². The van der Waals surface area contributed by atoms with Crippen molar-refractivity contribution in [2.75, 3.05) is 14.2 Å². The lowest BCUT2D eigenvalue weighted by Gasteiger charge is -2.21. The van der Waals surface area contributed by atoms with Gasteiger partial charge in [0.15, 0.2) is 0 Å². The molecule has 1 aromatic heterocycles. The maximum Gasteiger partial charge on any atom is 0.341 e. The van der Waals surface area contributed by atoms with E-state index in [4.69, 9.17) is 13.9 Å². The van der Waals surface area contributed by atoms with Crippen molar-refractivity contribution in [3.8, 4) is 16.9 Å². The minimum Gasteiger partial charge on any atom is -0.495 e. The van der Waals surface area contributed by atoms with Crippen LogP contribution in [0, 0.1) is 0 Å². The molecule has 6 heteroatoms. The molecule has 4 rings (SSSR count). The van der Waals surface area contributed by atoms with E-state index in [1.165, 1.54) is 32.8 Å². The number of benzene rings is 1. The SMILES string of the molecule is COC(=O)c1c(CSN2C3CCC2CC3)ccc(-c2ccoc2)c1OC. The highest BCUT2D eigenvalue weighted by Gasteiger charge is 2.39. The number of methoxy groups -OCH3 is 2. The Balaban J connectivity index is 1.66. The Kier molecular flexibility index (Phi) is 4.96. The molecule has 2 aromatic rings. The summed E-state index contributed by atoms with van der Waals surface area (Å²) < 4.78 is 18.4. The minimum absolute atomic E-state index is 0.368. The zero-order chi connectivity index (χ0) is 18.1. The Labute approximate surface area is 157 Å². The molecule has 0 aliphatic carbocycles. The molecule has 2 aliphatic rings. The lowest BCUT2D eigenvalue weighted by Crippen LogP contribution is -2.21. The van der Waals surface area contributed by atoms with Gasteiger partial charge in [-0.25, -0.2) is 9.10 Å². The predicted molar refractivity (Wildman–Crippen MR) is 101 cm³/mol. The molecule has 0 radical (unpaired) electrons. The molecule has 2 fully saturated rings. The summed E-state index contributed by atoms with van der Waals surface area (Å²) in [6.45, 7) is 0. The van der Waals surface area contributed by atoms with Gasteiger partial charge in [-0.05, 0) is 37.3 Å². The number of rotatable bonds is 6. The first-order valence-corrected chi connectivity index (χ1v) is 9.89. The summed E-state index contributed by atoms with van der Waals surface area (Å²) in [5.74, 6) is 0.910. The van der Waals surface area contributed by atoms with Crippen molar-refractivity contribution in [3.05, 3.63) is 41.9 Å². The minimum atomic E-state index is -0.368. The summed E-state index contributed by atoms with van der Waals surface area (Å²) in [4.78, 5) is 12.5. The van der Waals surface area contributed by atoms with Crippen LogP contribution >= 0.6 is 11.9 Å². The van der Waals surface area contributed by atoms with Crippen molar-refractivity contribution in [3.63, 3.8) is 0 Å². The second kappa shape index (κ2) is 7.37. The number of carbonyl (C=O) groups excluding carboxylic acids is 1. The molecule has 26 heavy (non-hydrogen) atoms. The van der Waals surface area contributed by atoms with Crippen molar-refractivity contribution in [2.45, 2.75) is 43.5 Å². The quantitative estimate of drug-likeness (QED) is 0.548. The normalized spacial score (nSPS) is 21.9. The molecule has 0 amide bonds. The van der Waals surface area contributed by atoms with E-state index >= 15 is 0 Å². The van der Waals surface area contributed by atoms with E-state index in [1.807, 2.05) is 30.1 Å². The smallest absolute Gasteiger partial charge is 0.341 e. The van der Waals surface area contributed by atoms with Crippen LogP contribution in [-0.4, -0.2) is 36.6 Å². The zero-order valence-electron chi connectivity index (χ0n) is 15.1. The van der Waals surface area contributed by atoms with E-state index in [1.54, 1.807) is 19.6 Å². The van der Waals surface area contributed by atoms with E-state index in [9.17, 15) is 4.79 Å². The summed E-state index contributed by atoms with van der Waals surface area (Å²) in [5, 5.41) is 0. The summed E-state index contributed by atoms with van der Waals surface area (Å²) in [7, 11) is 2.99. The van der Waals surface area contributed by atoms with E-state index in [-0.39, 0.29) is 5.97 Å². The maximum absolute atomic E-state index is 12.5. The molecule has 2 aliphatic heterocycles. The monoisotopic (exact) mass is 373 g/mol. The fourth-order valence-electron chi connectivity index (χ4n) is 4.15. The molecule has 0 saturated carbocycles. The Morgan fingerprint density at radius 2 is 1.92 bits per heavy atom. The van der Waals surface area contributed by atoms with Crippen LogP contribution < -0.4 is 4.74 Å². The number of furan rings is 1. The van der Waals surface area contributed by atoms with Crippen LogP contribution in [0.1, 0.15) is 41.6 Å². The van der Waals surface area contributed by atoms with E-state index in [0.717, 1.165) is 22.4 Å². The van der Waals surface area contributed by atoms with Gasteiger partial charge in [-0.3, -0.25) is 0 Å². The summed E-state index contributed by atoms with van der Waals surface area (Å²) in [5.41, 5.74) is 3.16. The Hall–Kier alpha value is -1.92. The average molecular weight is 373 g/mol. The molecule has 0 N–H and O–H groups in total. The van der Waals surface area contributed by atoms with Crippen LogP contribution in [-0.2, 0) is 10.5 Å². The third kappa shape index (κ3) is 3.01. The van der Waals surface area contributed by atoms with Crippen molar-refractivity contribution < 1.29 is 18.7 Å². The Bertz CT molecular complexity index is 769. The van der Waals surface area contributed by atoms with Crippen LogP contribution in [0.2, 0.25) is 0 Å². The molecule has 0 spiro atoms. The van der Waals surface area contributed by atoms with Gasteiger partial charge in [0.25, 0.3) is 0 Å². The highest BCUT2D eigenvalue weighted by atomic mass is 32.2. The third-order valence-corrected chi connectivity index (χ3v) is 6.76. The van der Waals surface area contributed by atoms with Crippen LogP contribution in [0.3, 0.4) is 0 Å². The molecule has 0 unspecified atom stereocenters. The number of esters is 1. The van der Waals surface area contributed by atoms with Gasteiger partial charge in [0, 0.05) is 29.0 Å². The standard InChI is InChI=1S/C20H23NO4S/c1-23-19-17(13-9-10-25-11-13)8-3-14(18(19)20(22)24-2)12-26-21-15-4-5-16(21)7-6-15/h3,8-11,15-16H,4-7,12H2,1-2H3. The number of nitrogens with zero attached hydrogens (tertiary/aromatic N) is 1. The van der Waals surface area contributed by atoms with Crippen LogP contribution in [0.4, 0.5) is 0 Å². The maximum atomic E-state index is 12.5. The molecule has 138 valence electrons. The van der Waals surface area contributed by atoms with E-state index < -0.39 is 0 Å². The number of fused-ring (bicyclic) bond motifs is 2. The topological polar surface area (TPSA) is 51.9 Å². The number of hydrogen-bond donors (Lipinski definition) is 0. The second-order valence-electron chi connectivity index (χ2n) is 6.78. The third-order valence-electron chi connectivity index (χ3n) is 5.42. The van der Waals surface area contributed by atoms with Gasteiger partial charge in [0.2, 0.25) is 0 Å². The van der Waals surface area contributed by atoms with E-state index in [0.29, 0.717) is 23.4 Å². The van der Waals surface area contributed by atoms with Gasteiger partial charge in [-0.2, -0.15) is 0 Å².